The van der Waals surface area contributed by atoms with E-state index in [1.165, 1.54) is 56.6 Å². The van der Waals surface area contributed by atoms with E-state index in [1.54, 1.807) is 22.3 Å². The Morgan fingerprint density at radius 1 is 0.571 bits per heavy atom. The van der Waals surface area contributed by atoms with Crippen molar-refractivity contribution in [2.45, 2.75) is 70.3 Å². The Hall–Kier alpha value is -2.55. The molecule has 212 valence electrons. The molecular formula is C40H44HfSi. The molecule has 2 aliphatic carbocycles. The molecule has 1 aliphatic heterocycles. The van der Waals surface area contributed by atoms with Crippen molar-refractivity contribution in [1.82, 2.24) is 0 Å². The SMILES string of the molecule is CC[Si]1(CC)C2=Cc3c(-c4cc(C)cc(C)c4)cccc3[CH]2[Hf]([CH3])([CH3])[CH]2C1=Cc1c(-c3cc(C)cc(C)c3)cccc12. The van der Waals surface area contributed by atoms with Gasteiger partial charge in [0.05, 0.1) is 0 Å². The Kier molecular flexibility index (Phi) is 6.72. The molecule has 3 aliphatic rings. The number of aryl methyl sites for hydroxylation is 4. The van der Waals surface area contributed by atoms with Crippen molar-refractivity contribution < 1.29 is 20.0 Å². The van der Waals surface area contributed by atoms with Gasteiger partial charge in [0.2, 0.25) is 0 Å². The topological polar surface area (TPSA) is 0 Å². The summed E-state index contributed by atoms with van der Waals surface area (Å²) in [5.41, 5.74) is 17.5. The van der Waals surface area contributed by atoms with Crippen molar-refractivity contribution in [2.24, 2.45) is 0 Å². The molecule has 1 saturated heterocycles. The molecule has 2 atom stereocenters. The summed E-state index contributed by atoms with van der Waals surface area (Å²) in [6, 6.07) is 31.3. The number of fused-ring (bicyclic) bond motifs is 6. The number of hydrogen-bond donors (Lipinski definition) is 0. The van der Waals surface area contributed by atoms with E-state index in [2.05, 4.69) is 136 Å². The van der Waals surface area contributed by atoms with Gasteiger partial charge in [-0.25, -0.2) is 0 Å². The Morgan fingerprint density at radius 2 is 0.952 bits per heavy atom. The molecule has 2 heteroatoms. The molecule has 0 saturated carbocycles. The molecule has 4 aromatic carbocycles. The predicted octanol–water partition coefficient (Wildman–Crippen LogP) is 11.7. The molecule has 0 radical (unpaired) electrons. The Balaban J connectivity index is 1.47. The van der Waals surface area contributed by atoms with Crippen molar-refractivity contribution in [1.29, 1.82) is 0 Å². The standard InChI is InChI=1S/C38H38Si.2CH3.Hf/c1-7-39(8-2,33-21-29-11-9-13-35(37(29)23-33)31-17-25(3)15-26(4)18-31)34-22-30-12-10-14-36(38(30)24-34)32-19-27(5)16-28(6)20-32;;;/h9-24H,7-8H2,1-6H3;2*1H3;. The summed E-state index contributed by atoms with van der Waals surface area (Å²) < 4.78 is 6.96. The number of allylic oxidation sites excluding steroid dienone is 2. The van der Waals surface area contributed by atoms with E-state index in [9.17, 15) is 0 Å². The van der Waals surface area contributed by atoms with E-state index >= 15 is 0 Å². The van der Waals surface area contributed by atoms with Crippen LogP contribution >= 0.6 is 0 Å². The van der Waals surface area contributed by atoms with E-state index in [-0.39, 0.29) is 0 Å². The Bertz CT molecular complexity index is 1660. The zero-order valence-electron chi connectivity index (χ0n) is 26.7. The van der Waals surface area contributed by atoms with Crippen LogP contribution < -0.4 is 0 Å². The van der Waals surface area contributed by atoms with Crippen LogP contribution in [0.3, 0.4) is 0 Å². The van der Waals surface area contributed by atoms with Gasteiger partial charge in [-0.2, -0.15) is 0 Å². The predicted molar refractivity (Wildman–Crippen MR) is 183 cm³/mol. The molecule has 1 heterocycles. The van der Waals surface area contributed by atoms with Gasteiger partial charge in [-0.1, -0.05) is 0 Å². The fourth-order valence-corrected chi connectivity index (χ4v) is 41.3. The number of benzene rings is 4. The van der Waals surface area contributed by atoms with Crippen LogP contribution in [0.15, 0.2) is 83.2 Å². The van der Waals surface area contributed by atoms with Gasteiger partial charge < -0.3 is 0 Å². The van der Waals surface area contributed by atoms with Crippen LogP contribution in [0.4, 0.5) is 0 Å². The van der Waals surface area contributed by atoms with E-state index in [4.69, 9.17) is 0 Å². The van der Waals surface area contributed by atoms with Gasteiger partial charge in [0.15, 0.2) is 0 Å². The summed E-state index contributed by atoms with van der Waals surface area (Å²) >= 11 is -3.04. The van der Waals surface area contributed by atoms with Gasteiger partial charge in [-0.3, -0.25) is 0 Å². The number of rotatable bonds is 4. The van der Waals surface area contributed by atoms with Crippen LogP contribution in [0, 0.1) is 27.7 Å². The minimum atomic E-state index is -3.04. The van der Waals surface area contributed by atoms with Crippen LogP contribution in [-0.2, 0) is 20.0 Å². The number of hydrogen-bond acceptors (Lipinski definition) is 0. The third-order valence-electron chi connectivity index (χ3n) is 11.0. The fraction of sp³-hybridized carbons (Fsp3) is 0.300. The van der Waals surface area contributed by atoms with Crippen molar-refractivity contribution in [2.75, 3.05) is 0 Å². The van der Waals surface area contributed by atoms with Gasteiger partial charge in [0, 0.05) is 0 Å². The van der Waals surface area contributed by atoms with Crippen LogP contribution in [0.1, 0.15) is 65.7 Å². The quantitative estimate of drug-likeness (QED) is 0.183. The summed E-state index contributed by atoms with van der Waals surface area (Å²) in [6.45, 7) is 14.0. The van der Waals surface area contributed by atoms with Gasteiger partial charge in [-0.15, -0.1) is 0 Å². The van der Waals surface area contributed by atoms with Crippen LogP contribution in [-0.4, -0.2) is 8.07 Å². The molecule has 0 bridgehead atoms. The zero-order chi connectivity index (χ0) is 29.6. The normalized spacial score (nSPS) is 20.8. The first kappa shape index (κ1) is 28.2. The molecule has 0 nitrogen and oxygen atoms in total. The van der Waals surface area contributed by atoms with Crippen LogP contribution in [0.5, 0.6) is 0 Å². The summed E-state index contributed by atoms with van der Waals surface area (Å²) in [6.07, 6.45) is 5.50. The Labute approximate surface area is 258 Å². The molecule has 0 spiro atoms. The maximum atomic E-state index is 2.80. The van der Waals surface area contributed by atoms with Crippen LogP contribution in [0.25, 0.3) is 34.4 Å². The van der Waals surface area contributed by atoms with E-state index in [0.29, 0.717) is 7.35 Å². The molecular weight excluding hydrogens is 687 g/mol. The van der Waals surface area contributed by atoms with Gasteiger partial charge in [0.1, 0.15) is 0 Å². The van der Waals surface area contributed by atoms with E-state index in [1.807, 2.05) is 10.4 Å². The first-order valence-electron chi connectivity index (χ1n) is 16.0. The molecule has 7 rings (SSSR count). The summed E-state index contributed by atoms with van der Waals surface area (Å²) in [5.74, 6) is 0. The second-order valence-corrected chi connectivity index (χ2v) is 36.0. The van der Waals surface area contributed by atoms with Crippen LogP contribution in [0.2, 0.25) is 21.4 Å². The molecule has 1 fully saturated rings. The summed E-state index contributed by atoms with van der Waals surface area (Å²) in [5, 5.41) is 3.77. The molecule has 42 heavy (non-hydrogen) atoms. The second kappa shape index (κ2) is 9.99. The first-order chi connectivity index (χ1) is 20.1. The average Bonchev–Trinajstić information content (AvgIpc) is 3.54. The van der Waals surface area contributed by atoms with E-state index < -0.39 is 28.0 Å². The fourth-order valence-electron chi connectivity index (χ4n) is 9.40. The third-order valence-corrected chi connectivity index (χ3v) is 33.7. The van der Waals surface area contributed by atoms with Crippen molar-refractivity contribution in [3.63, 3.8) is 0 Å². The monoisotopic (exact) mass is 732 g/mol. The molecule has 0 aromatic heterocycles. The van der Waals surface area contributed by atoms with Gasteiger partial charge in [0.25, 0.3) is 0 Å². The first-order valence-corrected chi connectivity index (χ1v) is 29.7. The second-order valence-electron chi connectivity index (χ2n) is 14.0. The van der Waals surface area contributed by atoms with E-state index in [0.717, 1.165) is 0 Å². The van der Waals surface area contributed by atoms with Gasteiger partial charge in [-0.05, 0) is 0 Å². The van der Waals surface area contributed by atoms with Crippen molar-refractivity contribution in [3.05, 3.63) is 128 Å². The zero-order valence-corrected chi connectivity index (χ0v) is 31.2. The molecule has 0 amide bonds. The van der Waals surface area contributed by atoms with Crippen molar-refractivity contribution in [3.8, 4) is 22.3 Å². The Morgan fingerprint density at radius 3 is 1.31 bits per heavy atom. The summed E-state index contributed by atoms with van der Waals surface area (Å²) in [4.78, 5) is 0. The van der Waals surface area contributed by atoms with Crippen molar-refractivity contribution >= 4 is 20.2 Å². The third kappa shape index (κ3) is 4.01. The maximum absolute atomic E-state index is 3.04. The van der Waals surface area contributed by atoms with Gasteiger partial charge >= 0.3 is 260 Å². The molecule has 2 unspecified atom stereocenters. The minimum absolute atomic E-state index is 0.683. The molecule has 0 N–H and O–H groups in total. The average molecular weight is 731 g/mol. The molecule has 4 aromatic rings. The summed E-state index contributed by atoms with van der Waals surface area (Å²) in [7, 11) is -1.89.